The first kappa shape index (κ1) is 12.3. The maximum Gasteiger partial charge on any atom is 0.113 e. The predicted molar refractivity (Wildman–Crippen MR) is 79.4 cm³/mol. The third-order valence-corrected chi connectivity index (χ3v) is 7.27. The molecule has 3 aliphatic carbocycles. The first-order valence-electron chi connectivity index (χ1n) is 7.97. The molecular weight excluding hydrogens is 252 g/mol. The van der Waals surface area contributed by atoms with E-state index in [1.54, 1.807) is 0 Å². The Labute approximate surface area is 119 Å². The summed E-state index contributed by atoms with van der Waals surface area (Å²) in [5.74, 6) is 0. The van der Waals surface area contributed by atoms with Gasteiger partial charge in [-0.2, -0.15) is 0 Å². The lowest BCUT2D eigenvalue weighted by atomic mass is 9.67. The molecule has 0 atom stereocenters. The molecule has 3 aliphatic rings. The van der Waals surface area contributed by atoms with Crippen LogP contribution in [0.3, 0.4) is 0 Å². The van der Waals surface area contributed by atoms with E-state index in [4.69, 9.17) is 10.7 Å². The molecule has 1 aromatic rings. The summed E-state index contributed by atoms with van der Waals surface area (Å²) in [6, 6.07) is 0. The highest BCUT2D eigenvalue weighted by atomic mass is 32.1. The van der Waals surface area contributed by atoms with Crippen LogP contribution in [0.25, 0.3) is 0 Å². The molecule has 19 heavy (non-hydrogen) atoms. The summed E-state index contributed by atoms with van der Waals surface area (Å²) in [5, 5.41) is 1.25. The van der Waals surface area contributed by atoms with Gasteiger partial charge in [-0.05, 0) is 63.2 Å². The Morgan fingerprint density at radius 2 is 1.63 bits per heavy atom. The van der Waals surface area contributed by atoms with E-state index < -0.39 is 0 Å². The normalized spacial score (nSPS) is 27.8. The zero-order valence-corrected chi connectivity index (χ0v) is 12.5. The number of thiazole rings is 1. The van der Waals surface area contributed by atoms with Crippen LogP contribution < -0.4 is 5.73 Å². The number of rotatable bonds is 1. The number of fused-ring (bicyclic) bond motifs is 1. The Morgan fingerprint density at radius 1 is 0.895 bits per heavy atom. The second-order valence-electron chi connectivity index (χ2n) is 7.11. The molecule has 4 rings (SSSR count). The van der Waals surface area contributed by atoms with Crippen LogP contribution in [0.15, 0.2) is 0 Å². The fraction of sp³-hybridized carbons (Fsp3) is 0.812. The molecule has 0 radical (unpaired) electrons. The summed E-state index contributed by atoms with van der Waals surface area (Å²) in [4.78, 5) is 6.42. The molecular formula is C16H24N2S. The molecule has 0 saturated heterocycles. The minimum absolute atomic E-state index is 0.0944. The Kier molecular flexibility index (Phi) is 2.79. The van der Waals surface area contributed by atoms with Crippen molar-refractivity contribution in [1.82, 2.24) is 4.98 Å². The van der Waals surface area contributed by atoms with E-state index in [2.05, 4.69) is 0 Å². The molecule has 0 aliphatic heterocycles. The average Bonchev–Trinajstić information content (AvgIpc) is 3.09. The highest BCUT2D eigenvalue weighted by Crippen LogP contribution is 2.53. The molecule has 2 saturated carbocycles. The molecule has 2 nitrogen and oxygen atoms in total. The van der Waals surface area contributed by atoms with Gasteiger partial charge in [-0.3, -0.25) is 0 Å². The van der Waals surface area contributed by atoms with Crippen molar-refractivity contribution in [2.24, 2.45) is 11.1 Å². The van der Waals surface area contributed by atoms with E-state index >= 15 is 0 Å². The second-order valence-corrected chi connectivity index (χ2v) is 8.19. The number of hydrogen-bond acceptors (Lipinski definition) is 3. The van der Waals surface area contributed by atoms with Crippen LogP contribution in [0.2, 0.25) is 0 Å². The van der Waals surface area contributed by atoms with Crippen molar-refractivity contribution in [3.8, 4) is 0 Å². The van der Waals surface area contributed by atoms with Crippen LogP contribution >= 0.6 is 11.3 Å². The van der Waals surface area contributed by atoms with Gasteiger partial charge < -0.3 is 5.73 Å². The topological polar surface area (TPSA) is 38.9 Å². The molecule has 0 aromatic carbocycles. The summed E-state index contributed by atoms with van der Waals surface area (Å²) < 4.78 is 0. The molecule has 2 N–H and O–H groups in total. The zero-order valence-electron chi connectivity index (χ0n) is 11.7. The van der Waals surface area contributed by atoms with Gasteiger partial charge >= 0.3 is 0 Å². The van der Waals surface area contributed by atoms with E-state index in [-0.39, 0.29) is 5.54 Å². The quantitative estimate of drug-likeness (QED) is 0.844. The fourth-order valence-corrected chi connectivity index (χ4v) is 5.78. The van der Waals surface area contributed by atoms with Crippen molar-refractivity contribution >= 4 is 11.3 Å². The van der Waals surface area contributed by atoms with Gasteiger partial charge in [0.25, 0.3) is 0 Å². The average molecular weight is 276 g/mol. The second kappa shape index (κ2) is 4.29. The zero-order chi connectivity index (χ0) is 12.9. The molecule has 2 fully saturated rings. The summed E-state index contributed by atoms with van der Waals surface area (Å²) >= 11 is 1.92. The van der Waals surface area contributed by atoms with Gasteiger partial charge in [-0.1, -0.05) is 12.8 Å². The third kappa shape index (κ3) is 1.97. The lowest BCUT2D eigenvalue weighted by Gasteiger charge is -2.42. The van der Waals surface area contributed by atoms with E-state index in [1.165, 1.54) is 86.2 Å². The van der Waals surface area contributed by atoms with E-state index in [0.29, 0.717) is 5.41 Å². The van der Waals surface area contributed by atoms with Crippen LogP contribution in [0, 0.1) is 5.41 Å². The summed E-state index contributed by atoms with van der Waals surface area (Å²) in [5.41, 5.74) is 8.68. The van der Waals surface area contributed by atoms with Crippen LogP contribution in [0.4, 0.5) is 0 Å². The first-order chi connectivity index (χ1) is 9.19. The predicted octanol–water partition coefficient (Wildman–Crippen LogP) is 3.92. The summed E-state index contributed by atoms with van der Waals surface area (Å²) in [7, 11) is 0. The third-order valence-electron chi connectivity index (χ3n) is 5.89. The molecule has 0 unspecified atom stereocenters. The number of aryl methyl sites for hydroxylation is 2. The van der Waals surface area contributed by atoms with Crippen LogP contribution in [-0.2, 0) is 18.4 Å². The highest BCUT2D eigenvalue weighted by molar-refractivity contribution is 7.12. The van der Waals surface area contributed by atoms with Crippen molar-refractivity contribution in [3.05, 3.63) is 15.6 Å². The minimum Gasteiger partial charge on any atom is -0.319 e. The molecule has 0 bridgehead atoms. The van der Waals surface area contributed by atoms with Gasteiger partial charge in [0, 0.05) is 4.88 Å². The smallest absolute Gasteiger partial charge is 0.113 e. The standard InChI is InChI=1S/C16H24N2S/c17-16(14-18-12-4-3-5-13(12)19-14)10-8-15(9-11-16)6-1-2-7-15/h1-11,17H2. The lowest BCUT2D eigenvalue weighted by Crippen LogP contribution is -2.43. The van der Waals surface area contributed by atoms with Crippen molar-refractivity contribution in [2.75, 3.05) is 0 Å². The van der Waals surface area contributed by atoms with Crippen molar-refractivity contribution in [2.45, 2.75) is 76.2 Å². The molecule has 1 heterocycles. The number of nitrogens with zero attached hydrogens (tertiary/aromatic N) is 1. The fourth-order valence-electron chi connectivity index (χ4n) is 4.47. The van der Waals surface area contributed by atoms with Crippen LogP contribution in [0.5, 0.6) is 0 Å². The molecule has 1 spiro atoms. The lowest BCUT2D eigenvalue weighted by molar-refractivity contribution is 0.134. The van der Waals surface area contributed by atoms with Crippen molar-refractivity contribution in [1.29, 1.82) is 0 Å². The first-order valence-corrected chi connectivity index (χ1v) is 8.79. The maximum atomic E-state index is 6.74. The Morgan fingerprint density at radius 3 is 2.32 bits per heavy atom. The summed E-state index contributed by atoms with van der Waals surface area (Å²) in [6.45, 7) is 0. The molecule has 3 heteroatoms. The summed E-state index contributed by atoms with van der Waals surface area (Å²) in [6.07, 6.45) is 14.6. The number of aromatic nitrogens is 1. The van der Waals surface area contributed by atoms with Crippen LogP contribution in [0.1, 0.15) is 73.4 Å². The van der Waals surface area contributed by atoms with Gasteiger partial charge in [0.1, 0.15) is 5.01 Å². The largest absolute Gasteiger partial charge is 0.319 e. The van der Waals surface area contributed by atoms with Gasteiger partial charge in [0.05, 0.1) is 11.2 Å². The SMILES string of the molecule is NC1(c2nc3c(s2)CCC3)CCC2(CCCC2)CC1. The van der Waals surface area contributed by atoms with Crippen LogP contribution in [-0.4, -0.2) is 4.98 Å². The van der Waals surface area contributed by atoms with Gasteiger partial charge in [0.2, 0.25) is 0 Å². The maximum absolute atomic E-state index is 6.74. The minimum atomic E-state index is -0.0944. The Bertz CT molecular complexity index is 453. The highest BCUT2D eigenvalue weighted by Gasteiger charge is 2.44. The molecule has 0 amide bonds. The van der Waals surface area contributed by atoms with E-state index in [0.717, 1.165) is 0 Å². The van der Waals surface area contributed by atoms with Crippen molar-refractivity contribution < 1.29 is 0 Å². The van der Waals surface area contributed by atoms with Gasteiger partial charge in [0.15, 0.2) is 0 Å². The van der Waals surface area contributed by atoms with Gasteiger partial charge in [-0.25, -0.2) is 4.98 Å². The monoisotopic (exact) mass is 276 g/mol. The Balaban J connectivity index is 1.54. The van der Waals surface area contributed by atoms with E-state index in [9.17, 15) is 0 Å². The molecule has 1 aromatic heterocycles. The molecule has 104 valence electrons. The van der Waals surface area contributed by atoms with E-state index in [1.807, 2.05) is 11.3 Å². The van der Waals surface area contributed by atoms with Crippen molar-refractivity contribution in [3.63, 3.8) is 0 Å². The number of nitrogens with two attached hydrogens (primary N) is 1. The van der Waals surface area contributed by atoms with Gasteiger partial charge in [-0.15, -0.1) is 11.3 Å². The Hall–Kier alpha value is -0.410. The number of hydrogen-bond donors (Lipinski definition) is 1.